The molecule has 27 heavy (non-hydrogen) atoms. The molecular weight excluding hydrogens is 397 g/mol. The van der Waals surface area contributed by atoms with Crippen LogP contribution in [0.4, 0.5) is 26.2 Å². The molecule has 3 aromatic carbocycles. The van der Waals surface area contributed by atoms with Gasteiger partial charge in [0.1, 0.15) is 28.7 Å². The van der Waals surface area contributed by atoms with Crippen LogP contribution in [0.15, 0.2) is 58.8 Å². The largest absolute Gasteiger partial charge is 0.506 e. The first-order valence-electron chi connectivity index (χ1n) is 7.49. The maximum Gasteiger partial charge on any atom is 0.411 e. The Labute approximate surface area is 164 Å². The first-order chi connectivity index (χ1) is 12.5. The number of methoxy groups -OCH3 is 1. The van der Waals surface area contributed by atoms with Crippen LogP contribution in [0.25, 0.3) is 10.8 Å². The molecule has 0 unspecified atom stereocenters. The Morgan fingerprint density at radius 1 is 1.07 bits per heavy atom. The second-order valence-electron chi connectivity index (χ2n) is 5.29. The topological polar surface area (TPSA) is 104 Å². The molecule has 7 nitrogen and oxygen atoms in total. The molecular formula is C18H14FFeN3O4. The summed E-state index contributed by atoms with van der Waals surface area (Å²) in [5.74, 6) is -1.05. The number of nitrogens with one attached hydrogen (secondary N) is 1. The van der Waals surface area contributed by atoms with E-state index in [-0.39, 0.29) is 39.9 Å². The van der Waals surface area contributed by atoms with Crippen LogP contribution >= 0.6 is 0 Å². The van der Waals surface area contributed by atoms with Gasteiger partial charge in [0.05, 0.1) is 12.8 Å². The number of carbonyl (C=O) groups is 1. The Morgan fingerprint density at radius 2 is 1.81 bits per heavy atom. The minimum atomic E-state index is -0.688. The summed E-state index contributed by atoms with van der Waals surface area (Å²) in [5, 5.41) is 31.3. The maximum absolute atomic E-state index is 13.3. The van der Waals surface area contributed by atoms with Gasteiger partial charge in [-0.15, -0.1) is 10.2 Å². The molecule has 0 saturated carbocycles. The second-order valence-corrected chi connectivity index (χ2v) is 5.29. The fourth-order valence-corrected chi connectivity index (χ4v) is 2.40. The summed E-state index contributed by atoms with van der Waals surface area (Å²) in [6.07, 6.45) is -0.688. The molecule has 1 amide bonds. The molecule has 0 atom stereocenters. The van der Waals surface area contributed by atoms with E-state index in [1.165, 1.54) is 13.2 Å². The van der Waals surface area contributed by atoms with E-state index < -0.39 is 11.9 Å². The first-order valence-corrected chi connectivity index (χ1v) is 7.49. The van der Waals surface area contributed by atoms with E-state index in [9.17, 15) is 19.4 Å². The zero-order valence-corrected chi connectivity index (χ0v) is 15.1. The van der Waals surface area contributed by atoms with Crippen LogP contribution in [-0.4, -0.2) is 23.4 Å². The smallest absolute Gasteiger partial charge is 0.411 e. The summed E-state index contributed by atoms with van der Waals surface area (Å²) in [5.41, 5.74) is 0.306. The predicted octanol–water partition coefficient (Wildman–Crippen LogP) is 4.98. The monoisotopic (exact) mass is 411 g/mol. The molecule has 0 heterocycles. The summed E-state index contributed by atoms with van der Waals surface area (Å²) in [4.78, 5) is 11.6. The summed E-state index contributed by atoms with van der Waals surface area (Å²) in [6.45, 7) is 0. The number of benzene rings is 3. The number of azo groups is 1. The standard InChI is InChI=1S/C18H14FN3O4.Fe/c1-26-18(25)20-12-4-2-3-10-5-7-15(24)17(16(10)12)22-21-13-9-11(19)6-8-14(13)23;/h2-9,23-24H,1H3,(H,20,25);. The Bertz CT molecular complexity index is 1030. The maximum atomic E-state index is 13.3. The molecule has 0 aliphatic heterocycles. The summed E-state index contributed by atoms with van der Waals surface area (Å²) >= 11 is 0. The summed E-state index contributed by atoms with van der Waals surface area (Å²) < 4.78 is 17.9. The SMILES string of the molecule is COC(=O)Nc1cccc2ccc(O)c(N=Nc3cc(F)ccc3O)c12.[Fe]. The number of phenols is 2. The van der Waals surface area contributed by atoms with Gasteiger partial charge in [-0.2, -0.15) is 0 Å². The molecule has 0 aliphatic carbocycles. The van der Waals surface area contributed by atoms with E-state index in [0.29, 0.717) is 16.5 Å². The molecule has 0 saturated heterocycles. The fourth-order valence-electron chi connectivity index (χ4n) is 2.40. The van der Waals surface area contributed by atoms with Crippen LogP contribution < -0.4 is 5.32 Å². The third kappa shape index (κ3) is 4.33. The van der Waals surface area contributed by atoms with Crippen molar-refractivity contribution in [2.45, 2.75) is 0 Å². The van der Waals surface area contributed by atoms with Crippen molar-refractivity contribution in [3.05, 3.63) is 54.3 Å². The van der Waals surface area contributed by atoms with Gasteiger partial charge in [0, 0.05) is 28.5 Å². The van der Waals surface area contributed by atoms with Crippen molar-refractivity contribution in [3.8, 4) is 11.5 Å². The Kier molecular flexibility index (Phi) is 6.33. The van der Waals surface area contributed by atoms with Crippen LogP contribution in [0.5, 0.6) is 11.5 Å². The third-order valence-electron chi connectivity index (χ3n) is 3.61. The number of carbonyl (C=O) groups excluding carboxylic acids is 1. The molecule has 3 N–H and O–H groups in total. The van der Waals surface area contributed by atoms with Gasteiger partial charge in [0.25, 0.3) is 0 Å². The minimum absolute atomic E-state index is 0. The Hall–Kier alpha value is -3.16. The predicted molar refractivity (Wildman–Crippen MR) is 93.9 cm³/mol. The van der Waals surface area contributed by atoms with Crippen LogP contribution in [-0.2, 0) is 21.8 Å². The number of nitrogens with zero attached hydrogens (tertiary/aromatic N) is 2. The van der Waals surface area contributed by atoms with Gasteiger partial charge in [0.15, 0.2) is 0 Å². The number of ether oxygens (including phenoxy) is 1. The van der Waals surface area contributed by atoms with E-state index >= 15 is 0 Å². The van der Waals surface area contributed by atoms with Gasteiger partial charge in [-0.05, 0) is 29.7 Å². The fraction of sp³-hybridized carbons (Fsp3) is 0.0556. The normalized spacial score (nSPS) is 10.6. The van der Waals surface area contributed by atoms with E-state index in [2.05, 4.69) is 20.3 Å². The van der Waals surface area contributed by atoms with Crippen molar-refractivity contribution in [2.75, 3.05) is 12.4 Å². The molecule has 3 aromatic rings. The molecule has 0 bridgehead atoms. The number of hydrogen-bond acceptors (Lipinski definition) is 6. The summed E-state index contributed by atoms with van der Waals surface area (Å²) in [7, 11) is 1.23. The van der Waals surface area contributed by atoms with Crippen LogP contribution in [0.3, 0.4) is 0 Å². The minimum Gasteiger partial charge on any atom is -0.506 e. The molecule has 0 aromatic heterocycles. The van der Waals surface area contributed by atoms with Crippen molar-refractivity contribution in [1.29, 1.82) is 0 Å². The number of phenolic OH excluding ortho intramolecular Hbond substituents is 2. The number of amides is 1. The van der Waals surface area contributed by atoms with Crippen molar-refractivity contribution >= 4 is 33.9 Å². The van der Waals surface area contributed by atoms with Crippen LogP contribution in [0.1, 0.15) is 0 Å². The Morgan fingerprint density at radius 3 is 2.56 bits per heavy atom. The van der Waals surface area contributed by atoms with E-state index in [4.69, 9.17) is 0 Å². The molecule has 0 fully saturated rings. The van der Waals surface area contributed by atoms with Crippen molar-refractivity contribution in [1.82, 2.24) is 0 Å². The van der Waals surface area contributed by atoms with Gasteiger partial charge < -0.3 is 14.9 Å². The Balaban J connectivity index is 0.00000261. The number of rotatable bonds is 3. The average Bonchev–Trinajstić information content (AvgIpc) is 2.63. The molecule has 9 heteroatoms. The van der Waals surface area contributed by atoms with E-state index in [1.54, 1.807) is 24.3 Å². The van der Waals surface area contributed by atoms with Gasteiger partial charge in [0.2, 0.25) is 0 Å². The third-order valence-corrected chi connectivity index (χ3v) is 3.61. The molecule has 0 radical (unpaired) electrons. The second kappa shape index (κ2) is 8.48. The molecule has 0 aliphatic rings. The van der Waals surface area contributed by atoms with Crippen molar-refractivity contribution < 1.29 is 41.2 Å². The molecule has 140 valence electrons. The van der Waals surface area contributed by atoms with Crippen molar-refractivity contribution in [3.63, 3.8) is 0 Å². The van der Waals surface area contributed by atoms with Gasteiger partial charge in [-0.3, -0.25) is 5.32 Å². The van der Waals surface area contributed by atoms with E-state index in [1.807, 2.05) is 0 Å². The number of anilines is 1. The number of fused-ring (bicyclic) bond motifs is 1. The zero-order chi connectivity index (χ0) is 18.7. The molecule has 0 spiro atoms. The number of halogens is 1. The average molecular weight is 411 g/mol. The zero-order valence-electron chi connectivity index (χ0n) is 14.0. The van der Waals surface area contributed by atoms with Gasteiger partial charge >= 0.3 is 6.09 Å². The van der Waals surface area contributed by atoms with E-state index in [0.717, 1.165) is 18.2 Å². The van der Waals surface area contributed by atoms with Gasteiger partial charge in [-0.25, -0.2) is 9.18 Å². The number of hydrogen-bond donors (Lipinski definition) is 3. The molecule has 3 rings (SSSR count). The summed E-state index contributed by atoms with van der Waals surface area (Å²) in [6, 6.07) is 11.4. The van der Waals surface area contributed by atoms with Gasteiger partial charge in [-0.1, -0.05) is 18.2 Å². The number of aromatic hydroxyl groups is 2. The van der Waals surface area contributed by atoms with Crippen molar-refractivity contribution in [2.24, 2.45) is 10.2 Å². The van der Waals surface area contributed by atoms with Crippen LogP contribution in [0.2, 0.25) is 0 Å². The first kappa shape index (κ1) is 20.2. The quantitative estimate of drug-likeness (QED) is 0.418. The van der Waals surface area contributed by atoms with Crippen LogP contribution in [0, 0.1) is 5.82 Å².